The molecule has 4 nitrogen and oxygen atoms in total. The molecule has 4 heteroatoms. The normalized spacial score (nSPS) is 29.5. The largest absolute Gasteiger partial charge is 0.389 e. The van der Waals surface area contributed by atoms with Gasteiger partial charge >= 0.3 is 0 Å². The Bertz CT molecular complexity index is 200. The van der Waals surface area contributed by atoms with E-state index in [1.54, 1.807) is 0 Å². The van der Waals surface area contributed by atoms with Crippen LogP contribution >= 0.6 is 0 Å². The third-order valence-corrected chi connectivity index (χ3v) is 2.05. The van der Waals surface area contributed by atoms with Gasteiger partial charge < -0.3 is 9.84 Å². The quantitative estimate of drug-likeness (QED) is 0.626. The first-order valence-electron chi connectivity index (χ1n) is 4.56. The molecule has 0 aromatic heterocycles. The van der Waals surface area contributed by atoms with E-state index in [2.05, 4.69) is 6.07 Å². The van der Waals surface area contributed by atoms with Crippen molar-refractivity contribution in [3.05, 3.63) is 0 Å². The van der Waals surface area contributed by atoms with Crippen molar-refractivity contribution < 1.29 is 9.84 Å². The number of rotatable bonds is 3. The maximum absolute atomic E-state index is 9.56. The number of ether oxygens (including phenoxy) is 1. The van der Waals surface area contributed by atoms with Gasteiger partial charge in [-0.05, 0) is 13.8 Å². The van der Waals surface area contributed by atoms with Crippen LogP contribution in [0.4, 0.5) is 0 Å². The predicted octanol–water partition coefficient (Wildman–Crippen LogP) is -0.0199. The van der Waals surface area contributed by atoms with Crippen molar-refractivity contribution >= 4 is 0 Å². The van der Waals surface area contributed by atoms with Crippen LogP contribution in [0.5, 0.6) is 0 Å². The Kier molecular flexibility index (Phi) is 3.67. The highest BCUT2D eigenvalue weighted by atomic mass is 16.5. The van der Waals surface area contributed by atoms with Gasteiger partial charge in [-0.25, -0.2) is 0 Å². The van der Waals surface area contributed by atoms with Gasteiger partial charge in [0.15, 0.2) is 0 Å². The summed E-state index contributed by atoms with van der Waals surface area (Å²) in [5.74, 6) is 0. The number of likely N-dealkylation sites (tertiary alicyclic amines) is 1. The molecule has 0 spiro atoms. The smallest absolute Gasteiger partial charge is 0.0976 e. The van der Waals surface area contributed by atoms with Crippen molar-refractivity contribution in [2.75, 3.05) is 19.6 Å². The van der Waals surface area contributed by atoms with Crippen LogP contribution < -0.4 is 0 Å². The first-order chi connectivity index (χ1) is 6.13. The van der Waals surface area contributed by atoms with Gasteiger partial charge in [0.1, 0.15) is 0 Å². The second kappa shape index (κ2) is 4.56. The average Bonchev–Trinajstić information content (AvgIpc) is 2.31. The van der Waals surface area contributed by atoms with Gasteiger partial charge in [-0.1, -0.05) is 0 Å². The molecule has 0 aromatic carbocycles. The van der Waals surface area contributed by atoms with Gasteiger partial charge in [-0.3, -0.25) is 4.90 Å². The van der Waals surface area contributed by atoms with Crippen molar-refractivity contribution in [2.45, 2.75) is 32.2 Å². The maximum atomic E-state index is 9.56. The highest BCUT2D eigenvalue weighted by Gasteiger charge is 2.32. The zero-order valence-corrected chi connectivity index (χ0v) is 8.10. The molecule has 0 amide bonds. The van der Waals surface area contributed by atoms with Crippen LogP contribution in [0.3, 0.4) is 0 Å². The molecule has 1 heterocycles. The third kappa shape index (κ3) is 2.96. The number of aliphatic hydroxyl groups excluding tert-OH is 1. The maximum Gasteiger partial charge on any atom is 0.0976 e. The van der Waals surface area contributed by atoms with Crippen molar-refractivity contribution in [3.63, 3.8) is 0 Å². The molecule has 0 saturated carbocycles. The molecule has 2 unspecified atom stereocenters. The van der Waals surface area contributed by atoms with Gasteiger partial charge in [0.2, 0.25) is 0 Å². The number of β-amino-alcohol motifs (C(OH)–C–C–N with tert-alkyl or cyclic N) is 1. The summed E-state index contributed by atoms with van der Waals surface area (Å²) < 4.78 is 5.50. The van der Waals surface area contributed by atoms with E-state index >= 15 is 0 Å². The van der Waals surface area contributed by atoms with Crippen LogP contribution in [-0.2, 0) is 4.74 Å². The molecule has 0 aromatic rings. The number of nitrogens with zero attached hydrogens (tertiary/aromatic N) is 2. The Morgan fingerprint density at radius 1 is 1.62 bits per heavy atom. The molecule has 2 atom stereocenters. The van der Waals surface area contributed by atoms with Crippen LogP contribution in [0.2, 0.25) is 0 Å². The lowest BCUT2D eigenvalue weighted by molar-refractivity contribution is -0.0394. The summed E-state index contributed by atoms with van der Waals surface area (Å²) in [5, 5.41) is 18.0. The molecule has 1 saturated heterocycles. The molecule has 1 aliphatic heterocycles. The second-order valence-corrected chi connectivity index (χ2v) is 3.64. The number of hydrogen-bond donors (Lipinski definition) is 1. The monoisotopic (exact) mass is 184 g/mol. The van der Waals surface area contributed by atoms with Gasteiger partial charge in [0.25, 0.3) is 0 Å². The van der Waals surface area contributed by atoms with E-state index in [4.69, 9.17) is 10.00 Å². The Hall–Kier alpha value is -0.630. The van der Waals surface area contributed by atoms with E-state index in [1.807, 2.05) is 18.7 Å². The molecule has 1 aliphatic rings. The van der Waals surface area contributed by atoms with Crippen LogP contribution in [0.1, 0.15) is 13.8 Å². The Morgan fingerprint density at radius 3 is 2.85 bits per heavy atom. The van der Waals surface area contributed by atoms with Gasteiger partial charge in [-0.15, -0.1) is 0 Å². The first kappa shape index (κ1) is 10.5. The average molecular weight is 184 g/mol. The highest BCUT2D eigenvalue weighted by Crippen LogP contribution is 2.14. The van der Waals surface area contributed by atoms with Crippen molar-refractivity contribution in [1.29, 1.82) is 5.26 Å². The molecular weight excluding hydrogens is 168 g/mol. The topological polar surface area (TPSA) is 56.5 Å². The second-order valence-electron chi connectivity index (χ2n) is 3.64. The predicted molar refractivity (Wildman–Crippen MR) is 48.1 cm³/mol. The number of hydrogen-bond acceptors (Lipinski definition) is 4. The SMILES string of the molecule is CC(C)OC1CN(CC#N)CC1O. The molecule has 1 fully saturated rings. The standard InChI is InChI=1S/C9H16N2O2/c1-7(2)13-9-6-11(4-3-10)5-8(9)12/h7-9,12H,4-6H2,1-2H3. The zero-order chi connectivity index (χ0) is 9.84. The number of nitriles is 1. The summed E-state index contributed by atoms with van der Waals surface area (Å²) >= 11 is 0. The summed E-state index contributed by atoms with van der Waals surface area (Å²) in [4.78, 5) is 1.90. The van der Waals surface area contributed by atoms with Crippen molar-refractivity contribution in [2.24, 2.45) is 0 Å². The van der Waals surface area contributed by atoms with Gasteiger partial charge in [-0.2, -0.15) is 5.26 Å². The first-order valence-corrected chi connectivity index (χ1v) is 4.56. The zero-order valence-electron chi connectivity index (χ0n) is 8.10. The molecule has 13 heavy (non-hydrogen) atoms. The van der Waals surface area contributed by atoms with Crippen LogP contribution in [0, 0.1) is 11.3 Å². The lowest BCUT2D eigenvalue weighted by Crippen LogP contribution is -2.29. The third-order valence-electron chi connectivity index (χ3n) is 2.05. The molecule has 0 aliphatic carbocycles. The summed E-state index contributed by atoms with van der Waals surface area (Å²) in [6.45, 7) is 5.46. The lowest BCUT2D eigenvalue weighted by atomic mass is 10.2. The molecular formula is C9H16N2O2. The summed E-state index contributed by atoms with van der Waals surface area (Å²) in [5.41, 5.74) is 0. The van der Waals surface area contributed by atoms with Crippen LogP contribution in [-0.4, -0.2) is 48.0 Å². The minimum atomic E-state index is -0.448. The van der Waals surface area contributed by atoms with E-state index in [0.29, 0.717) is 19.6 Å². The molecule has 74 valence electrons. The fourth-order valence-corrected chi connectivity index (χ4v) is 1.55. The highest BCUT2D eigenvalue weighted by molar-refractivity contribution is 4.89. The van der Waals surface area contributed by atoms with Crippen molar-refractivity contribution in [1.82, 2.24) is 4.90 Å². The van der Waals surface area contributed by atoms with Crippen molar-refractivity contribution in [3.8, 4) is 6.07 Å². The van der Waals surface area contributed by atoms with E-state index in [0.717, 1.165) is 0 Å². The van der Waals surface area contributed by atoms with Gasteiger partial charge in [0, 0.05) is 13.1 Å². The molecule has 1 rings (SSSR count). The fraction of sp³-hybridized carbons (Fsp3) is 0.889. The van der Waals surface area contributed by atoms with E-state index < -0.39 is 6.10 Å². The van der Waals surface area contributed by atoms with E-state index in [9.17, 15) is 5.11 Å². The van der Waals surface area contributed by atoms with E-state index in [1.165, 1.54) is 0 Å². The lowest BCUT2D eigenvalue weighted by Gasteiger charge is -2.17. The Balaban J connectivity index is 2.38. The molecule has 0 bridgehead atoms. The summed E-state index contributed by atoms with van der Waals surface area (Å²) in [6.07, 6.45) is -0.453. The molecule has 1 N–H and O–H groups in total. The van der Waals surface area contributed by atoms with Gasteiger partial charge in [0.05, 0.1) is 30.9 Å². The Morgan fingerprint density at radius 2 is 2.31 bits per heavy atom. The minimum Gasteiger partial charge on any atom is -0.389 e. The Labute approximate surface area is 78.7 Å². The summed E-state index contributed by atoms with van der Waals surface area (Å²) in [7, 11) is 0. The summed E-state index contributed by atoms with van der Waals surface area (Å²) in [6, 6.07) is 2.06. The molecule has 0 radical (unpaired) electrons. The number of aliphatic hydroxyl groups is 1. The van der Waals surface area contributed by atoms with Crippen LogP contribution in [0.15, 0.2) is 0 Å². The minimum absolute atomic E-state index is 0.127. The van der Waals surface area contributed by atoms with E-state index in [-0.39, 0.29) is 12.2 Å². The van der Waals surface area contributed by atoms with Crippen LogP contribution in [0.25, 0.3) is 0 Å². The fourth-order valence-electron chi connectivity index (χ4n) is 1.55.